The molecule has 7 nitrogen and oxygen atoms in total. The molecular weight excluding hydrogens is 372 g/mol. The van der Waals surface area contributed by atoms with E-state index in [1.807, 2.05) is 0 Å². The van der Waals surface area contributed by atoms with Crippen molar-refractivity contribution in [3.63, 3.8) is 0 Å². The lowest BCUT2D eigenvalue weighted by molar-refractivity contribution is -0.383. The highest BCUT2D eigenvalue weighted by Crippen LogP contribution is 2.41. The van der Waals surface area contributed by atoms with Gasteiger partial charge in [-0.3, -0.25) is 19.7 Å². The summed E-state index contributed by atoms with van der Waals surface area (Å²) >= 11 is 0. The van der Waals surface area contributed by atoms with E-state index in [4.69, 9.17) is 0 Å². The van der Waals surface area contributed by atoms with Crippen molar-refractivity contribution >= 4 is 38.4 Å². The highest BCUT2D eigenvalue weighted by Gasteiger charge is 2.31. The molecular formula is C19H11F2N3O4. The second kappa shape index (κ2) is 5.44. The van der Waals surface area contributed by atoms with Crippen LogP contribution >= 0.6 is 0 Å². The standard InChI is InChI=1S/C19H11F2N3O4/c20-8-6-11-16(12(21)7-8)23(9-4-5-9)17-10-2-1-3-13(24(27)28)15(10)22-19(26)14(17)18(11)25/h1-3,6-7,9H,4-5H2,(H,22,26). The largest absolute Gasteiger partial charge is 0.334 e. The molecule has 2 heterocycles. The molecule has 0 bridgehead atoms. The molecule has 28 heavy (non-hydrogen) atoms. The molecule has 1 N–H and O–H groups in total. The number of hydrogen-bond donors (Lipinski definition) is 1. The van der Waals surface area contributed by atoms with E-state index in [0.29, 0.717) is 18.9 Å². The first-order valence-electron chi connectivity index (χ1n) is 8.55. The Morgan fingerprint density at radius 3 is 2.54 bits per heavy atom. The van der Waals surface area contributed by atoms with E-state index in [0.717, 1.165) is 6.07 Å². The average Bonchev–Trinajstić information content (AvgIpc) is 3.46. The minimum Gasteiger partial charge on any atom is -0.334 e. The third-order valence-electron chi connectivity index (χ3n) is 5.09. The average molecular weight is 383 g/mol. The van der Waals surface area contributed by atoms with Crippen LogP contribution in [-0.2, 0) is 0 Å². The number of fused-ring (bicyclic) bond motifs is 4. The van der Waals surface area contributed by atoms with Crippen LogP contribution in [0.4, 0.5) is 14.5 Å². The predicted octanol–water partition coefficient (Wildman–Crippen LogP) is 3.52. The van der Waals surface area contributed by atoms with Crippen LogP contribution in [0.3, 0.4) is 0 Å². The Bertz CT molecular complexity index is 1470. The van der Waals surface area contributed by atoms with Gasteiger partial charge in [-0.15, -0.1) is 0 Å². The van der Waals surface area contributed by atoms with Crippen LogP contribution in [0.2, 0.25) is 0 Å². The number of nitro groups is 1. The van der Waals surface area contributed by atoms with Crippen LogP contribution in [-0.4, -0.2) is 14.5 Å². The molecule has 0 unspecified atom stereocenters. The molecule has 1 saturated carbocycles. The number of aromatic amines is 1. The second-order valence-corrected chi connectivity index (χ2v) is 6.85. The van der Waals surface area contributed by atoms with Gasteiger partial charge in [-0.25, -0.2) is 8.78 Å². The first-order chi connectivity index (χ1) is 13.4. The van der Waals surface area contributed by atoms with Crippen LogP contribution in [0.25, 0.3) is 32.7 Å². The van der Waals surface area contributed by atoms with Gasteiger partial charge in [0.25, 0.3) is 11.2 Å². The van der Waals surface area contributed by atoms with Crippen LogP contribution in [0.1, 0.15) is 18.9 Å². The number of nitro benzene ring substituents is 1. The van der Waals surface area contributed by atoms with Gasteiger partial charge in [-0.1, -0.05) is 12.1 Å². The first kappa shape index (κ1) is 16.5. The van der Waals surface area contributed by atoms with Crippen molar-refractivity contribution in [3.05, 3.63) is 72.7 Å². The number of aromatic nitrogens is 2. The number of benzene rings is 2. The minimum atomic E-state index is -0.920. The molecule has 0 aliphatic heterocycles. The normalized spacial score (nSPS) is 14.2. The smallest absolute Gasteiger partial charge is 0.293 e. The fraction of sp³-hybridized carbons (Fsp3) is 0.158. The van der Waals surface area contributed by atoms with Crippen LogP contribution in [0.5, 0.6) is 0 Å². The zero-order valence-electron chi connectivity index (χ0n) is 14.2. The Kier molecular flexibility index (Phi) is 3.22. The number of hydrogen-bond acceptors (Lipinski definition) is 4. The summed E-state index contributed by atoms with van der Waals surface area (Å²) in [6.07, 6.45) is 1.38. The number of non-ortho nitro benzene ring substituents is 1. The quantitative estimate of drug-likeness (QED) is 0.248. The highest BCUT2D eigenvalue weighted by atomic mass is 19.1. The first-order valence-corrected chi connectivity index (χ1v) is 8.55. The molecule has 0 atom stereocenters. The summed E-state index contributed by atoms with van der Waals surface area (Å²) < 4.78 is 30.0. The molecule has 9 heteroatoms. The Labute approximate surface area is 154 Å². The van der Waals surface area contributed by atoms with Crippen molar-refractivity contribution in [3.8, 4) is 0 Å². The summed E-state index contributed by atoms with van der Waals surface area (Å²) in [5, 5.41) is 11.1. The fourth-order valence-electron chi connectivity index (χ4n) is 3.83. The van der Waals surface area contributed by atoms with Crippen LogP contribution in [0, 0.1) is 21.7 Å². The van der Waals surface area contributed by atoms with E-state index in [-0.39, 0.29) is 44.4 Å². The number of halogens is 2. The summed E-state index contributed by atoms with van der Waals surface area (Å²) in [4.78, 5) is 38.8. The number of rotatable bonds is 2. The molecule has 0 radical (unpaired) electrons. The molecule has 2 aromatic heterocycles. The van der Waals surface area contributed by atoms with E-state index in [2.05, 4.69) is 4.98 Å². The maximum absolute atomic E-state index is 14.7. The van der Waals surface area contributed by atoms with E-state index in [1.54, 1.807) is 0 Å². The minimum absolute atomic E-state index is 0.0410. The molecule has 140 valence electrons. The number of para-hydroxylation sites is 1. The van der Waals surface area contributed by atoms with Crippen molar-refractivity contribution in [1.82, 2.24) is 9.55 Å². The van der Waals surface area contributed by atoms with Crippen molar-refractivity contribution in [2.45, 2.75) is 18.9 Å². The third-order valence-corrected chi connectivity index (χ3v) is 5.09. The van der Waals surface area contributed by atoms with Gasteiger partial charge in [-0.2, -0.15) is 0 Å². The van der Waals surface area contributed by atoms with Gasteiger partial charge in [-0.05, 0) is 18.9 Å². The summed E-state index contributed by atoms with van der Waals surface area (Å²) in [6, 6.07) is 5.62. The Hall–Kier alpha value is -3.62. The maximum atomic E-state index is 14.7. The topological polar surface area (TPSA) is 98.0 Å². The molecule has 1 aliphatic rings. The molecule has 4 aromatic rings. The van der Waals surface area contributed by atoms with Crippen molar-refractivity contribution in [1.29, 1.82) is 0 Å². The Balaban J connectivity index is 2.17. The van der Waals surface area contributed by atoms with Crippen LogP contribution < -0.4 is 11.0 Å². The summed E-state index contributed by atoms with van der Waals surface area (Å²) in [5.41, 5.74) is -1.97. The SMILES string of the molecule is O=c1[nH]c2c([N+](=O)[O-])cccc2c2c1c(=O)c1cc(F)cc(F)c1n2C1CC1. The molecule has 0 amide bonds. The molecule has 2 aromatic carbocycles. The fourth-order valence-corrected chi connectivity index (χ4v) is 3.83. The van der Waals surface area contributed by atoms with Gasteiger partial charge in [0.2, 0.25) is 5.43 Å². The van der Waals surface area contributed by atoms with Crippen molar-refractivity contribution < 1.29 is 13.7 Å². The summed E-state index contributed by atoms with van der Waals surface area (Å²) in [7, 11) is 0. The molecule has 0 spiro atoms. The number of H-pyrrole nitrogens is 1. The lowest BCUT2D eigenvalue weighted by Gasteiger charge is -2.16. The van der Waals surface area contributed by atoms with Crippen molar-refractivity contribution in [2.75, 3.05) is 0 Å². The highest BCUT2D eigenvalue weighted by molar-refractivity contribution is 6.09. The van der Waals surface area contributed by atoms with E-state index in [1.165, 1.54) is 22.8 Å². The van der Waals surface area contributed by atoms with Gasteiger partial charge < -0.3 is 9.55 Å². The van der Waals surface area contributed by atoms with Gasteiger partial charge in [0.1, 0.15) is 16.7 Å². The second-order valence-electron chi connectivity index (χ2n) is 6.85. The summed E-state index contributed by atoms with van der Waals surface area (Å²) in [5.74, 6) is -1.84. The van der Waals surface area contributed by atoms with Gasteiger partial charge in [0.15, 0.2) is 5.82 Å². The maximum Gasteiger partial charge on any atom is 0.293 e. The third kappa shape index (κ3) is 2.13. The molecule has 1 aliphatic carbocycles. The van der Waals surface area contributed by atoms with Crippen LogP contribution in [0.15, 0.2) is 39.9 Å². The lowest BCUT2D eigenvalue weighted by Crippen LogP contribution is -2.21. The van der Waals surface area contributed by atoms with Gasteiger partial charge in [0, 0.05) is 23.6 Å². The van der Waals surface area contributed by atoms with Crippen molar-refractivity contribution in [2.24, 2.45) is 0 Å². The molecule has 5 rings (SSSR count). The van der Waals surface area contributed by atoms with E-state index < -0.39 is 27.5 Å². The van der Waals surface area contributed by atoms with Gasteiger partial charge >= 0.3 is 0 Å². The zero-order valence-corrected chi connectivity index (χ0v) is 14.2. The van der Waals surface area contributed by atoms with E-state index in [9.17, 15) is 28.5 Å². The Morgan fingerprint density at radius 1 is 1.11 bits per heavy atom. The number of nitrogens with zero attached hydrogens (tertiary/aromatic N) is 2. The number of nitrogens with one attached hydrogen (secondary N) is 1. The molecule has 1 fully saturated rings. The summed E-state index contributed by atoms with van der Waals surface area (Å²) in [6.45, 7) is 0. The predicted molar refractivity (Wildman–Crippen MR) is 98.7 cm³/mol. The Morgan fingerprint density at radius 2 is 1.86 bits per heavy atom. The zero-order chi connectivity index (χ0) is 19.7. The molecule has 0 saturated heterocycles. The van der Waals surface area contributed by atoms with E-state index >= 15 is 0 Å². The monoisotopic (exact) mass is 383 g/mol. The number of pyridine rings is 2. The van der Waals surface area contributed by atoms with Gasteiger partial charge in [0.05, 0.1) is 21.3 Å². The lowest BCUT2D eigenvalue weighted by atomic mass is 10.1.